The molecule has 0 aliphatic heterocycles. The average molecular weight is 234 g/mol. The zero-order valence-electron chi connectivity index (χ0n) is 10.5. The molecule has 0 aromatic heterocycles. The SMILES string of the molecule is C=C(C)C(=O)OC(C)Cc1cccc(OC)c1. The molecule has 0 spiro atoms. The second-order valence-corrected chi connectivity index (χ2v) is 4.05. The summed E-state index contributed by atoms with van der Waals surface area (Å²) < 4.78 is 10.3. The molecule has 0 saturated carbocycles. The first kappa shape index (κ1) is 13.3. The Kier molecular flexibility index (Phi) is 4.76. The fraction of sp³-hybridized carbons (Fsp3) is 0.357. The van der Waals surface area contributed by atoms with Gasteiger partial charge in [0.15, 0.2) is 0 Å². The van der Waals surface area contributed by atoms with Gasteiger partial charge in [0.05, 0.1) is 7.11 Å². The lowest BCUT2D eigenvalue weighted by atomic mass is 10.1. The van der Waals surface area contributed by atoms with Crippen molar-refractivity contribution < 1.29 is 14.3 Å². The lowest BCUT2D eigenvalue weighted by molar-refractivity contribution is -0.143. The molecule has 17 heavy (non-hydrogen) atoms. The topological polar surface area (TPSA) is 35.5 Å². The molecule has 1 rings (SSSR count). The Hall–Kier alpha value is -1.77. The van der Waals surface area contributed by atoms with Gasteiger partial charge in [-0.15, -0.1) is 0 Å². The molecule has 3 nitrogen and oxygen atoms in total. The maximum Gasteiger partial charge on any atom is 0.333 e. The first-order chi connectivity index (χ1) is 8.02. The molecule has 0 aliphatic carbocycles. The summed E-state index contributed by atoms with van der Waals surface area (Å²) in [6.07, 6.45) is 0.488. The van der Waals surface area contributed by atoms with Crippen molar-refractivity contribution in [2.24, 2.45) is 0 Å². The molecule has 3 heteroatoms. The number of carbonyl (C=O) groups is 1. The van der Waals surface area contributed by atoms with E-state index >= 15 is 0 Å². The predicted octanol–water partition coefficient (Wildman–Crippen LogP) is 2.75. The van der Waals surface area contributed by atoms with Crippen LogP contribution in [0.2, 0.25) is 0 Å². The quantitative estimate of drug-likeness (QED) is 0.580. The smallest absolute Gasteiger partial charge is 0.333 e. The molecule has 0 saturated heterocycles. The molecule has 1 aromatic carbocycles. The third kappa shape index (κ3) is 4.31. The molecule has 1 aromatic rings. The van der Waals surface area contributed by atoms with E-state index in [-0.39, 0.29) is 12.1 Å². The molecular formula is C14H18O3. The van der Waals surface area contributed by atoms with Crippen molar-refractivity contribution in [3.8, 4) is 5.75 Å². The molecule has 0 fully saturated rings. The van der Waals surface area contributed by atoms with Crippen LogP contribution in [0.5, 0.6) is 5.75 Å². The van der Waals surface area contributed by atoms with Crippen LogP contribution in [0.3, 0.4) is 0 Å². The zero-order chi connectivity index (χ0) is 12.8. The van der Waals surface area contributed by atoms with Crippen LogP contribution in [0.4, 0.5) is 0 Å². The van der Waals surface area contributed by atoms with Crippen molar-refractivity contribution in [3.05, 3.63) is 42.0 Å². The van der Waals surface area contributed by atoms with Gasteiger partial charge in [0.25, 0.3) is 0 Å². The summed E-state index contributed by atoms with van der Waals surface area (Å²) in [5.74, 6) is 0.460. The van der Waals surface area contributed by atoms with Crippen LogP contribution in [0.15, 0.2) is 36.4 Å². The number of ether oxygens (including phenoxy) is 2. The Labute approximate surface area is 102 Å². The lowest BCUT2D eigenvalue weighted by Crippen LogP contribution is -2.17. The Morgan fingerprint density at radius 1 is 1.47 bits per heavy atom. The Morgan fingerprint density at radius 3 is 2.76 bits per heavy atom. The highest BCUT2D eigenvalue weighted by molar-refractivity contribution is 5.87. The molecule has 92 valence electrons. The third-order valence-electron chi connectivity index (χ3n) is 2.31. The molecule has 0 amide bonds. The second kappa shape index (κ2) is 6.09. The van der Waals surface area contributed by atoms with Gasteiger partial charge in [0.2, 0.25) is 0 Å². The van der Waals surface area contributed by atoms with E-state index in [1.54, 1.807) is 14.0 Å². The molecule has 0 bridgehead atoms. The van der Waals surface area contributed by atoms with Crippen LogP contribution < -0.4 is 4.74 Å². The van der Waals surface area contributed by atoms with Crippen LogP contribution in [0.1, 0.15) is 19.4 Å². The van der Waals surface area contributed by atoms with E-state index < -0.39 is 0 Å². The summed E-state index contributed by atoms with van der Waals surface area (Å²) in [7, 11) is 1.63. The number of benzene rings is 1. The molecule has 0 radical (unpaired) electrons. The molecule has 0 N–H and O–H groups in total. The van der Waals surface area contributed by atoms with Gasteiger partial charge in [0, 0.05) is 12.0 Å². The van der Waals surface area contributed by atoms with Crippen molar-refractivity contribution in [3.63, 3.8) is 0 Å². The predicted molar refractivity (Wildman–Crippen MR) is 67.1 cm³/mol. The highest BCUT2D eigenvalue weighted by atomic mass is 16.5. The Balaban J connectivity index is 2.58. The van der Waals surface area contributed by atoms with E-state index in [9.17, 15) is 4.79 Å². The van der Waals surface area contributed by atoms with Gasteiger partial charge in [-0.1, -0.05) is 18.7 Å². The first-order valence-corrected chi connectivity index (χ1v) is 5.52. The zero-order valence-corrected chi connectivity index (χ0v) is 10.5. The largest absolute Gasteiger partial charge is 0.497 e. The second-order valence-electron chi connectivity index (χ2n) is 4.05. The van der Waals surface area contributed by atoms with Gasteiger partial charge >= 0.3 is 5.97 Å². The minimum atomic E-state index is -0.347. The fourth-order valence-electron chi connectivity index (χ4n) is 1.46. The number of carbonyl (C=O) groups excluding carboxylic acids is 1. The number of hydrogen-bond donors (Lipinski definition) is 0. The minimum Gasteiger partial charge on any atom is -0.497 e. The standard InChI is InChI=1S/C14H18O3/c1-10(2)14(15)17-11(3)8-12-6-5-7-13(9-12)16-4/h5-7,9,11H,1,8H2,2-4H3. The Bertz CT molecular complexity index is 410. The number of rotatable bonds is 5. The van der Waals surface area contributed by atoms with Crippen LogP contribution in [0.25, 0.3) is 0 Å². The van der Waals surface area contributed by atoms with E-state index in [1.807, 2.05) is 31.2 Å². The van der Waals surface area contributed by atoms with Crippen molar-refractivity contribution in [1.82, 2.24) is 0 Å². The maximum atomic E-state index is 11.3. The van der Waals surface area contributed by atoms with E-state index in [2.05, 4.69) is 6.58 Å². The van der Waals surface area contributed by atoms with Crippen LogP contribution in [-0.4, -0.2) is 19.2 Å². The molecular weight excluding hydrogens is 216 g/mol. The van der Waals surface area contributed by atoms with Crippen LogP contribution in [0, 0.1) is 0 Å². The molecule has 1 unspecified atom stereocenters. The van der Waals surface area contributed by atoms with Gasteiger partial charge in [-0.2, -0.15) is 0 Å². The number of methoxy groups -OCH3 is 1. The Morgan fingerprint density at radius 2 is 2.18 bits per heavy atom. The maximum absolute atomic E-state index is 11.3. The summed E-state index contributed by atoms with van der Waals surface area (Å²) in [4.78, 5) is 11.3. The highest BCUT2D eigenvalue weighted by Crippen LogP contribution is 2.15. The normalized spacial score (nSPS) is 11.7. The highest BCUT2D eigenvalue weighted by Gasteiger charge is 2.10. The summed E-state index contributed by atoms with van der Waals surface area (Å²) in [6, 6.07) is 7.72. The van der Waals surface area contributed by atoms with Crippen LogP contribution >= 0.6 is 0 Å². The van der Waals surface area contributed by atoms with E-state index in [4.69, 9.17) is 9.47 Å². The van der Waals surface area contributed by atoms with Crippen molar-refractivity contribution in [1.29, 1.82) is 0 Å². The summed E-state index contributed by atoms with van der Waals surface area (Å²) in [5, 5.41) is 0. The summed E-state index contributed by atoms with van der Waals surface area (Å²) >= 11 is 0. The molecule has 1 atom stereocenters. The van der Waals surface area contributed by atoms with Crippen molar-refractivity contribution >= 4 is 5.97 Å². The first-order valence-electron chi connectivity index (χ1n) is 5.52. The van der Waals surface area contributed by atoms with Crippen molar-refractivity contribution in [2.75, 3.05) is 7.11 Å². The van der Waals surface area contributed by atoms with Crippen molar-refractivity contribution in [2.45, 2.75) is 26.4 Å². The van der Waals surface area contributed by atoms with Gasteiger partial charge in [-0.25, -0.2) is 4.79 Å². The van der Waals surface area contributed by atoms with Gasteiger partial charge in [0.1, 0.15) is 11.9 Å². The summed E-state index contributed by atoms with van der Waals surface area (Å²) in [6.45, 7) is 7.05. The number of esters is 1. The minimum absolute atomic E-state index is 0.175. The fourth-order valence-corrected chi connectivity index (χ4v) is 1.46. The van der Waals surface area contributed by atoms with Crippen LogP contribution in [-0.2, 0) is 16.0 Å². The monoisotopic (exact) mass is 234 g/mol. The summed E-state index contributed by atoms with van der Waals surface area (Å²) in [5.41, 5.74) is 1.49. The third-order valence-corrected chi connectivity index (χ3v) is 2.31. The van der Waals surface area contributed by atoms with E-state index in [1.165, 1.54) is 0 Å². The lowest BCUT2D eigenvalue weighted by Gasteiger charge is -2.13. The number of hydrogen-bond acceptors (Lipinski definition) is 3. The molecule has 0 aliphatic rings. The van der Waals surface area contributed by atoms with E-state index in [0.29, 0.717) is 12.0 Å². The van der Waals surface area contributed by atoms with Gasteiger partial charge < -0.3 is 9.47 Å². The van der Waals surface area contributed by atoms with Gasteiger partial charge in [-0.3, -0.25) is 0 Å². The van der Waals surface area contributed by atoms with E-state index in [0.717, 1.165) is 11.3 Å². The van der Waals surface area contributed by atoms with Gasteiger partial charge in [-0.05, 0) is 31.5 Å². The molecule has 0 heterocycles. The average Bonchev–Trinajstić information content (AvgIpc) is 2.28.